The van der Waals surface area contributed by atoms with Crippen molar-refractivity contribution in [1.29, 1.82) is 0 Å². The molecule has 5 rings (SSSR count). The molecule has 1 aromatic heterocycles. The molecule has 1 saturated carbocycles. The molecule has 3 heterocycles. The van der Waals surface area contributed by atoms with Crippen molar-refractivity contribution in [2.75, 3.05) is 44.7 Å². The number of amides is 1. The minimum absolute atomic E-state index is 0.132. The number of carbonyl (C=O) groups excluding carboxylic acids is 2. The summed E-state index contributed by atoms with van der Waals surface area (Å²) in [4.78, 5) is 41.6. The van der Waals surface area contributed by atoms with Gasteiger partial charge in [0, 0.05) is 55.9 Å². The van der Waals surface area contributed by atoms with Crippen molar-refractivity contribution in [2.24, 2.45) is 0 Å². The van der Waals surface area contributed by atoms with Gasteiger partial charge in [-0.25, -0.2) is 14.8 Å². The summed E-state index contributed by atoms with van der Waals surface area (Å²) in [7, 11) is 1.45. The fraction of sp³-hybridized carbons (Fsp3) is 0.586. The SMILES string of the molecule is CC[C@H]1CN(c2ncc(C(=O)NC3CC3)nc2C)CCN1C1CCN([C@@H](C(=O)OC)c2ccc(Cl)cc2)CC1. The van der Waals surface area contributed by atoms with Crippen LogP contribution in [-0.2, 0) is 9.53 Å². The first kappa shape index (κ1) is 27.8. The van der Waals surface area contributed by atoms with Crippen molar-refractivity contribution in [2.45, 2.75) is 70.1 Å². The minimum atomic E-state index is -0.414. The van der Waals surface area contributed by atoms with Gasteiger partial charge in [0.15, 0.2) is 0 Å². The Kier molecular flexibility index (Phi) is 8.69. The van der Waals surface area contributed by atoms with E-state index in [0.29, 0.717) is 28.8 Å². The lowest BCUT2D eigenvalue weighted by Crippen LogP contribution is -2.59. The van der Waals surface area contributed by atoms with Crippen LogP contribution in [0.25, 0.3) is 0 Å². The highest BCUT2D eigenvalue weighted by atomic mass is 35.5. The number of benzene rings is 1. The maximum absolute atomic E-state index is 12.7. The fourth-order valence-corrected chi connectivity index (χ4v) is 6.14. The molecule has 3 fully saturated rings. The molecule has 1 amide bonds. The summed E-state index contributed by atoms with van der Waals surface area (Å²) in [5, 5.41) is 3.64. The molecule has 0 bridgehead atoms. The Hall–Kier alpha value is -2.75. The minimum Gasteiger partial charge on any atom is -0.468 e. The predicted octanol–water partition coefficient (Wildman–Crippen LogP) is 3.61. The van der Waals surface area contributed by atoms with E-state index in [1.807, 2.05) is 31.2 Å². The van der Waals surface area contributed by atoms with E-state index in [1.165, 1.54) is 7.11 Å². The Morgan fingerprint density at radius 2 is 1.82 bits per heavy atom. The van der Waals surface area contributed by atoms with Crippen molar-refractivity contribution in [3.05, 3.63) is 52.4 Å². The molecular formula is C29H39ClN6O3. The van der Waals surface area contributed by atoms with Crippen LogP contribution in [0, 0.1) is 6.92 Å². The second-order valence-corrected chi connectivity index (χ2v) is 11.3. The molecule has 2 saturated heterocycles. The molecule has 9 nitrogen and oxygen atoms in total. The van der Waals surface area contributed by atoms with Crippen molar-refractivity contribution in [3.8, 4) is 0 Å². The van der Waals surface area contributed by atoms with E-state index < -0.39 is 6.04 Å². The third-order valence-electron chi connectivity index (χ3n) is 8.31. The van der Waals surface area contributed by atoms with Crippen LogP contribution in [0.1, 0.15) is 66.8 Å². The highest BCUT2D eigenvalue weighted by molar-refractivity contribution is 6.30. The lowest BCUT2D eigenvalue weighted by molar-refractivity contribution is -0.148. The molecule has 10 heteroatoms. The standard InChI is InChI=1S/C29H39ClN6O3/c1-4-23-18-35(27-19(2)32-25(17-31-27)28(37)33-22-9-10-22)15-16-36(23)24-11-13-34(14-12-24)26(29(38)39-3)20-5-7-21(30)8-6-20/h5-8,17,22-24,26H,4,9-16,18H2,1-3H3,(H,33,37)/t23-,26+/m0/s1. The summed E-state index contributed by atoms with van der Waals surface area (Å²) in [5.41, 5.74) is 2.10. The number of piperidine rings is 1. The first-order valence-electron chi connectivity index (χ1n) is 14.1. The maximum Gasteiger partial charge on any atom is 0.327 e. The Balaban J connectivity index is 1.20. The number of piperazine rings is 1. The molecule has 1 N–H and O–H groups in total. The summed E-state index contributed by atoms with van der Waals surface area (Å²) >= 11 is 6.08. The van der Waals surface area contributed by atoms with Gasteiger partial charge < -0.3 is 15.0 Å². The number of carbonyl (C=O) groups is 2. The van der Waals surface area contributed by atoms with E-state index in [4.69, 9.17) is 16.3 Å². The number of methoxy groups -OCH3 is 1. The van der Waals surface area contributed by atoms with Crippen molar-refractivity contribution in [1.82, 2.24) is 25.1 Å². The number of anilines is 1. The zero-order valence-electron chi connectivity index (χ0n) is 23.1. The molecule has 2 aromatic rings. The highest BCUT2D eigenvalue weighted by Crippen LogP contribution is 2.31. The molecule has 210 valence electrons. The van der Waals surface area contributed by atoms with Gasteiger partial charge in [-0.1, -0.05) is 30.7 Å². The third kappa shape index (κ3) is 6.36. The van der Waals surface area contributed by atoms with Crippen LogP contribution in [0.2, 0.25) is 5.02 Å². The van der Waals surface area contributed by atoms with Crippen LogP contribution in [0.5, 0.6) is 0 Å². The van der Waals surface area contributed by atoms with Crippen LogP contribution in [0.3, 0.4) is 0 Å². The number of ether oxygens (including phenoxy) is 1. The Labute approximate surface area is 235 Å². The number of likely N-dealkylation sites (tertiary alicyclic amines) is 1. The summed E-state index contributed by atoms with van der Waals surface area (Å²) < 4.78 is 5.17. The molecule has 1 aliphatic carbocycles. The zero-order valence-corrected chi connectivity index (χ0v) is 23.9. The topological polar surface area (TPSA) is 90.9 Å². The van der Waals surface area contributed by atoms with Gasteiger partial charge in [0.05, 0.1) is 19.0 Å². The molecule has 39 heavy (non-hydrogen) atoms. The van der Waals surface area contributed by atoms with Gasteiger partial charge in [0.1, 0.15) is 17.6 Å². The second kappa shape index (κ2) is 12.2. The van der Waals surface area contributed by atoms with Crippen LogP contribution in [0.4, 0.5) is 5.82 Å². The number of aromatic nitrogens is 2. The van der Waals surface area contributed by atoms with Gasteiger partial charge in [0.2, 0.25) is 0 Å². The fourth-order valence-electron chi connectivity index (χ4n) is 6.02. The number of hydrogen-bond acceptors (Lipinski definition) is 8. The first-order chi connectivity index (χ1) is 18.9. The number of esters is 1. The maximum atomic E-state index is 12.7. The third-order valence-corrected chi connectivity index (χ3v) is 8.56. The molecule has 0 radical (unpaired) electrons. The van der Waals surface area contributed by atoms with Crippen LogP contribution in [-0.4, -0.2) is 89.6 Å². The van der Waals surface area contributed by atoms with Gasteiger partial charge >= 0.3 is 5.97 Å². The molecule has 0 spiro atoms. The first-order valence-corrected chi connectivity index (χ1v) is 14.5. The van der Waals surface area contributed by atoms with E-state index in [1.54, 1.807) is 6.20 Å². The number of halogens is 1. The summed E-state index contributed by atoms with van der Waals surface area (Å²) in [6.45, 7) is 8.56. The van der Waals surface area contributed by atoms with Gasteiger partial charge in [-0.15, -0.1) is 0 Å². The van der Waals surface area contributed by atoms with Gasteiger partial charge in [-0.2, -0.15) is 0 Å². The smallest absolute Gasteiger partial charge is 0.327 e. The largest absolute Gasteiger partial charge is 0.468 e. The monoisotopic (exact) mass is 554 g/mol. The molecule has 2 atom stereocenters. The van der Waals surface area contributed by atoms with E-state index in [0.717, 1.165) is 81.9 Å². The molecule has 2 aliphatic heterocycles. The van der Waals surface area contributed by atoms with Crippen LogP contribution >= 0.6 is 11.6 Å². The van der Waals surface area contributed by atoms with Crippen LogP contribution in [0.15, 0.2) is 30.5 Å². The van der Waals surface area contributed by atoms with Crippen molar-refractivity contribution >= 4 is 29.3 Å². The predicted molar refractivity (Wildman–Crippen MR) is 151 cm³/mol. The van der Waals surface area contributed by atoms with E-state index in [-0.39, 0.29) is 11.9 Å². The lowest BCUT2D eigenvalue weighted by atomic mass is 9.95. The van der Waals surface area contributed by atoms with Gasteiger partial charge in [0.25, 0.3) is 5.91 Å². The Morgan fingerprint density at radius 1 is 1.10 bits per heavy atom. The van der Waals surface area contributed by atoms with Gasteiger partial charge in [-0.3, -0.25) is 14.6 Å². The normalized spacial score (nSPS) is 21.9. The number of rotatable bonds is 8. The second-order valence-electron chi connectivity index (χ2n) is 10.9. The molecule has 0 unspecified atom stereocenters. The number of hydrogen-bond donors (Lipinski definition) is 1. The van der Waals surface area contributed by atoms with E-state index in [2.05, 4.69) is 36.9 Å². The summed E-state index contributed by atoms with van der Waals surface area (Å²) in [6.07, 6.45) is 6.75. The number of nitrogens with zero attached hydrogens (tertiary/aromatic N) is 5. The molecule has 3 aliphatic rings. The van der Waals surface area contributed by atoms with Gasteiger partial charge in [-0.05, 0) is 56.7 Å². The molecule has 1 aromatic carbocycles. The summed E-state index contributed by atoms with van der Waals surface area (Å²) in [6, 6.07) is 8.25. The number of aryl methyl sites for hydroxylation is 1. The van der Waals surface area contributed by atoms with E-state index >= 15 is 0 Å². The average Bonchev–Trinajstić information content (AvgIpc) is 3.78. The van der Waals surface area contributed by atoms with Crippen molar-refractivity contribution < 1.29 is 14.3 Å². The highest BCUT2D eigenvalue weighted by Gasteiger charge is 2.37. The Morgan fingerprint density at radius 3 is 2.44 bits per heavy atom. The zero-order chi connectivity index (χ0) is 27.5. The summed E-state index contributed by atoms with van der Waals surface area (Å²) in [5.74, 6) is 0.505. The van der Waals surface area contributed by atoms with Crippen LogP contribution < -0.4 is 10.2 Å². The van der Waals surface area contributed by atoms with Crippen molar-refractivity contribution in [3.63, 3.8) is 0 Å². The number of nitrogens with one attached hydrogen (secondary N) is 1. The van der Waals surface area contributed by atoms with E-state index in [9.17, 15) is 9.59 Å². The lowest BCUT2D eigenvalue weighted by Gasteiger charge is -2.48. The Bertz CT molecular complexity index is 1170. The average molecular weight is 555 g/mol. The molecular weight excluding hydrogens is 516 g/mol. The quantitative estimate of drug-likeness (QED) is 0.495.